The number of carbonyl (C=O) groups excluding carboxylic acids is 1. The molecular formula is C29H25Cl2N5O2S2. The SMILES string of the molecule is CCCOc1ccc(-c2nnc(SCC(=O)Nc3ncc(Cc4cc(Cl)ccc4Cl)s3)n2-c2ccccc2)cc1. The standard InChI is InChI=1S/C29H25Cl2N5O2S2/c1-2-14-38-23-11-8-19(9-12-23)27-34-35-29(36(27)22-6-4-3-5-7-22)39-18-26(37)33-28-32-17-24(40-28)16-20-15-21(30)10-13-25(20)31/h3-13,15,17H,2,14,16,18H2,1H3,(H,32,33,37). The summed E-state index contributed by atoms with van der Waals surface area (Å²) in [4.78, 5) is 18.1. The highest BCUT2D eigenvalue weighted by atomic mass is 35.5. The van der Waals surface area contributed by atoms with Crippen molar-refractivity contribution in [3.63, 3.8) is 0 Å². The van der Waals surface area contributed by atoms with Crippen molar-refractivity contribution >= 4 is 57.3 Å². The zero-order valence-corrected chi connectivity index (χ0v) is 24.7. The van der Waals surface area contributed by atoms with Crippen LogP contribution in [-0.2, 0) is 11.2 Å². The van der Waals surface area contributed by atoms with E-state index in [2.05, 4.69) is 27.4 Å². The fraction of sp³-hybridized carbons (Fsp3) is 0.172. The molecule has 0 atom stereocenters. The van der Waals surface area contributed by atoms with E-state index < -0.39 is 0 Å². The first-order valence-electron chi connectivity index (χ1n) is 12.6. The van der Waals surface area contributed by atoms with Crippen LogP contribution in [0.2, 0.25) is 10.0 Å². The molecule has 0 aliphatic rings. The van der Waals surface area contributed by atoms with E-state index in [1.165, 1.54) is 23.1 Å². The highest BCUT2D eigenvalue weighted by Crippen LogP contribution is 2.30. The molecule has 11 heteroatoms. The molecule has 5 rings (SSSR count). The fourth-order valence-corrected chi connectivity index (χ4v) is 5.86. The molecule has 2 aromatic heterocycles. The number of nitrogens with zero attached hydrogens (tertiary/aromatic N) is 4. The molecule has 0 saturated carbocycles. The molecule has 0 radical (unpaired) electrons. The Kier molecular flexibility index (Phi) is 9.38. The monoisotopic (exact) mass is 609 g/mol. The summed E-state index contributed by atoms with van der Waals surface area (Å²) in [5.41, 5.74) is 2.71. The second-order valence-corrected chi connectivity index (χ2v) is 11.6. The second-order valence-electron chi connectivity index (χ2n) is 8.73. The van der Waals surface area contributed by atoms with Gasteiger partial charge in [-0.1, -0.05) is 60.1 Å². The number of nitrogens with one attached hydrogen (secondary N) is 1. The molecule has 1 amide bonds. The van der Waals surface area contributed by atoms with Crippen molar-refractivity contribution in [2.24, 2.45) is 0 Å². The molecule has 2 heterocycles. The smallest absolute Gasteiger partial charge is 0.236 e. The van der Waals surface area contributed by atoms with E-state index in [0.717, 1.165) is 33.9 Å². The number of anilines is 1. The lowest BCUT2D eigenvalue weighted by Gasteiger charge is -2.11. The number of para-hydroxylation sites is 1. The molecule has 7 nitrogen and oxygen atoms in total. The van der Waals surface area contributed by atoms with Crippen LogP contribution in [0.3, 0.4) is 0 Å². The average Bonchev–Trinajstić information content (AvgIpc) is 3.60. The van der Waals surface area contributed by atoms with Gasteiger partial charge in [-0.25, -0.2) is 4.98 Å². The van der Waals surface area contributed by atoms with Crippen LogP contribution in [0.4, 0.5) is 5.13 Å². The van der Waals surface area contributed by atoms with Gasteiger partial charge in [-0.2, -0.15) is 0 Å². The maximum atomic E-state index is 12.8. The summed E-state index contributed by atoms with van der Waals surface area (Å²) in [6.45, 7) is 2.74. The first kappa shape index (κ1) is 28.2. The number of thiazole rings is 1. The Hall–Kier alpha value is -3.37. The van der Waals surface area contributed by atoms with Crippen LogP contribution in [0.5, 0.6) is 5.75 Å². The molecule has 0 saturated heterocycles. The molecule has 3 aromatic carbocycles. The Morgan fingerprint density at radius 1 is 1.05 bits per heavy atom. The van der Waals surface area contributed by atoms with Crippen molar-refractivity contribution in [3.8, 4) is 22.8 Å². The number of rotatable bonds is 11. The van der Waals surface area contributed by atoms with Gasteiger partial charge in [0.15, 0.2) is 16.1 Å². The van der Waals surface area contributed by atoms with E-state index in [4.69, 9.17) is 27.9 Å². The summed E-state index contributed by atoms with van der Waals surface area (Å²) in [5.74, 6) is 1.45. The molecule has 0 unspecified atom stereocenters. The minimum Gasteiger partial charge on any atom is -0.494 e. The fourth-order valence-electron chi connectivity index (χ4n) is 3.88. The summed E-state index contributed by atoms with van der Waals surface area (Å²) >= 11 is 15.1. The van der Waals surface area contributed by atoms with E-state index >= 15 is 0 Å². The average molecular weight is 611 g/mol. The number of carbonyl (C=O) groups is 1. The third-order valence-corrected chi connectivity index (χ3v) is 8.18. The van der Waals surface area contributed by atoms with Gasteiger partial charge in [-0.15, -0.1) is 21.5 Å². The second kappa shape index (κ2) is 13.3. The Morgan fingerprint density at radius 2 is 1.85 bits per heavy atom. The number of aromatic nitrogens is 4. The number of benzene rings is 3. The van der Waals surface area contributed by atoms with E-state index in [1.807, 2.05) is 65.2 Å². The number of amides is 1. The lowest BCUT2D eigenvalue weighted by Crippen LogP contribution is -2.14. The van der Waals surface area contributed by atoms with Gasteiger partial charge >= 0.3 is 0 Å². The zero-order chi connectivity index (χ0) is 27.9. The zero-order valence-electron chi connectivity index (χ0n) is 21.5. The van der Waals surface area contributed by atoms with Crippen molar-refractivity contribution in [3.05, 3.63) is 99.5 Å². The molecule has 0 aliphatic carbocycles. The summed E-state index contributed by atoms with van der Waals surface area (Å²) in [7, 11) is 0. The van der Waals surface area contributed by atoms with Crippen molar-refractivity contribution in [1.29, 1.82) is 0 Å². The van der Waals surface area contributed by atoms with Gasteiger partial charge in [0.1, 0.15) is 5.75 Å². The van der Waals surface area contributed by atoms with Gasteiger partial charge < -0.3 is 10.1 Å². The summed E-state index contributed by atoms with van der Waals surface area (Å²) < 4.78 is 7.67. The van der Waals surface area contributed by atoms with Gasteiger partial charge in [0.2, 0.25) is 5.91 Å². The molecule has 204 valence electrons. The van der Waals surface area contributed by atoms with Gasteiger partial charge in [-0.3, -0.25) is 9.36 Å². The van der Waals surface area contributed by atoms with E-state index in [9.17, 15) is 4.79 Å². The van der Waals surface area contributed by atoms with Gasteiger partial charge in [0.25, 0.3) is 0 Å². The summed E-state index contributed by atoms with van der Waals surface area (Å²) in [6.07, 6.45) is 3.26. The predicted octanol–water partition coefficient (Wildman–Crippen LogP) is 7.81. The topological polar surface area (TPSA) is 81.9 Å². The van der Waals surface area contributed by atoms with Gasteiger partial charge in [0.05, 0.1) is 12.4 Å². The Morgan fingerprint density at radius 3 is 2.62 bits per heavy atom. The first-order valence-corrected chi connectivity index (χ1v) is 15.1. The third kappa shape index (κ3) is 7.03. The molecule has 0 bridgehead atoms. The van der Waals surface area contributed by atoms with Gasteiger partial charge in [0, 0.05) is 38.8 Å². The van der Waals surface area contributed by atoms with Crippen LogP contribution in [0.1, 0.15) is 23.8 Å². The first-order chi connectivity index (χ1) is 19.5. The van der Waals surface area contributed by atoms with Gasteiger partial charge in [-0.05, 0) is 66.6 Å². The van der Waals surface area contributed by atoms with E-state index in [-0.39, 0.29) is 11.7 Å². The Labute approximate surface area is 250 Å². The van der Waals surface area contributed by atoms with Crippen LogP contribution in [0, 0.1) is 0 Å². The molecule has 40 heavy (non-hydrogen) atoms. The molecular weight excluding hydrogens is 585 g/mol. The van der Waals surface area contributed by atoms with Crippen LogP contribution in [-0.4, -0.2) is 38.0 Å². The number of hydrogen-bond donors (Lipinski definition) is 1. The highest BCUT2D eigenvalue weighted by Gasteiger charge is 2.18. The van der Waals surface area contributed by atoms with Crippen molar-refractivity contribution in [2.75, 3.05) is 17.7 Å². The quantitative estimate of drug-likeness (QED) is 0.154. The Balaban J connectivity index is 1.28. The largest absolute Gasteiger partial charge is 0.494 e. The van der Waals surface area contributed by atoms with Crippen molar-refractivity contribution < 1.29 is 9.53 Å². The maximum absolute atomic E-state index is 12.8. The van der Waals surface area contributed by atoms with Crippen molar-refractivity contribution in [1.82, 2.24) is 19.7 Å². The third-order valence-electron chi connectivity index (χ3n) is 5.74. The van der Waals surface area contributed by atoms with Crippen LogP contribution >= 0.6 is 46.3 Å². The molecule has 5 aromatic rings. The molecule has 0 aliphatic heterocycles. The lowest BCUT2D eigenvalue weighted by atomic mass is 10.1. The molecule has 1 N–H and O–H groups in total. The van der Waals surface area contributed by atoms with E-state index in [0.29, 0.717) is 39.2 Å². The van der Waals surface area contributed by atoms with Crippen molar-refractivity contribution in [2.45, 2.75) is 24.9 Å². The normalized spacial score (nSPS) is 11.0. The maximum Gasteiger partial charge on any atom is 0.236 e. The highest BCUT2D eigenvalue weighted by molar-refractivity contribution is 7.99. The number of ether oxygens (including phenoxy) is 1. The number of halogens is 2. The summed E-state index contributed by atoms with van der Waals surface area (Å²) in [5, 5.41) is 14.2. The lowest BCUT2D eigenvalue weighted by molar-refractivity contribution is -0.113. The number of thioether (sulfide) groups is 1. The minimum absolute atomic E-state index is 0.143. The molecule has 0 spiro atoms. The minimum atomic E-state index is -0.187. The predicted molar refractivity (Wildman–Crippen MR) is 163 cm³/mol. The summed E-state index contributed by atoms with van der Waals surface area (Å²) in [6, 6.07) is 23.0. The molecule has 0 fully saturated rings. The van der Waals surface area contributed by atoms with Crippen LogP contribution in [0.25, 0.3) is 17.1 Å². The Bertz CT molecular complexity index is 1590. The van der Waals surface area contributed by atoms with Crippen LogP contribution in [0.15, 0.2) is 84.1 Å². The number of hydrogen-bond acceptors (Lipinski definition) is 7. The van der Waals surface area contributed by atoms with E-state index in [1.54, 1.807) is 18.3 Å². The van der Waals surface area contributed by atoms with Crippen LogP contribution < -0.4 is 10.1 Å².